The molecule has 0 fully saturated rings. The largest absolute Gasteiger partial charge is 0.309 e. The van der Waals surface area contributed by atoms with Gasteiger partial charge in [-0.1, -0.05) is 164 Å². The number of aromatic nitrogens is 4. The molecule has 0 bridgehead atoms. The summed E-state index contributed by atoms with van der Waals surface area (Å²) in [6, 6.07) is 76.6. The molecule has 0 atom stereocenters. The normalized spacial score (nSPS) is 12.9. The molecular weight excluding hydrogens is 813 g/mol. The van der Waals surface area contributed by atoms with Gasteiger partial charge in [-0.05, 0) is 89.7 Å². The number of fused-ring (bicyclic) bond motifs is 15. The fourth-order valence-electron chi connectivity index (χ4n) is 11.8. The lowest BCUT2D eigenvalue weighted by molar-refractivity contribution is 1.10. The summed E-state index contributed by atoms with van der Waals surface area (Å²) in [6.45, 7) is 0. The second-order valence-corrected chi connectivity index (χ2v) is 18.0. The van der Waals surface area contributed by atoms with Crippen molar-refractivity contribution in [2.75, 3.05) is 0 Å². The van der Waals surface area contributed by atoms with Crippen molar-refractivity contribution in [3.05, 3.63) is 236 Å². The lowest BCUT2D eigenvalue weighted by atomic mass is 10.0. The molecule has 0 saturated heterocycles. The Kier molecular flexibility index (Phi) is 7.53. The first-order valence-electron chi connectivity index (χ1n) is 23.2. The Hall–Kier alpha value is -8.86. The smallest absolute Gasteiger partial charge is 0.0789 e. The highest BCUT2D eigenvalue weighted by atomic mass is 15.1. The third kappa shape index (κ3) is 5.07. The van der Waals surface area contributed by atoms with Crippen LogP contribution in [0.15, 0.2) is 224 Å². The van der Waals surface area contributed by atoms with E-state index in [4.69, 9.17) is 0 Å². The summed E-state index contributed by atoms with van der Waals surface area (Å²) in [5.74, 6) is 0. The van der Waals surface area contributed by atoms with Crippen LogP contribution in [0.3, 0.4) is 0 Å². The van der Waals surface area contributed by atoms with Gasteiger partial charge in [-0.2, -0.15) is 0 Å². The fraction of sp³-hybridized carbons (Fsp3) is 0.0159. The van der Waals surface area contributed by atoms with Crippen molar-refractivity contribution in [1.82, 2.24) is 18.3 Å². The van der Waals surface area contributed by atoms with Gasteiger partial charge in [-0.3, -0.25) is 0 Å². The van der Waals surface area contributed by atoms with Gasteiger partial charge in [0.25, 0.3) is 0 Å². The predicted molar refractivity (Wildman–Crippen MR) is 283 cm³/mol. The molecule has 1 aliphatic rings. The van der Waals surface area contributed by atoms with Gasteiger partial charge in [-0.25, -0.2) is 0 Å². The van der Waals surface area contributed by atoms with Crippen LogP contribution in [0.4, 0.5) is 0 Å². The van der Waals surface area contributed by atoms with E-state index < -0.39 is 0 Å². The van der Waals surface area contributed by atoms with Crippen LogP contribution in [0.1, 0.15) is 11.1 Å². The van der Waals surface area contributed by atoms with Gasteiger partial charge >= 0.3 is 0 Å². The molecule has 10 aromatic carbocycles. The van der Waals surface area contributed by atoms with Gasteiger partial charge in [0.05, 0.1) is 55.5 Å². The van der Waals surface area contributed by atoms with E-state index in [0.717, 1.165) is 17.8 Å². The van der Waals surface area contributed by atoms with Gasteiger partial charge < -0.3 is 18.3 Å². The molecule has 4 nitrogen and oxygen atoms in total. The zero-order chi connectivity index (χ0) is 43.7. The molecule has 0 aliphatic heterocycles. The lowest BCUT2D eigenvalue weighted by Gasteiger charge is -2.17. The second kappa shape index (κ2) is 13.8. The first kappa shape index (κ1) is 36.5. The van der Waals surface area contributed by atoms with Crippen molar-refractivity contribution in [1.29, 1.82) is 0 Å². The first-order chi connectivity index (χ1) is 33.3. The van der Waals surface area contributed by atoms with E-state index in [2.05, 4.69) is 249 Å². The van der Waals surface area contributed by atoms with Crippen LogP contribution in [0, 0.1) is 0 Å². The van der Waals surface area contributed by atoms with Gasteiger partial charge in [-0.15, -0.1) is 0 Å². The van der Waals surface area contributed by atoms with Gasteiger partial charge in [0.2, 0.25) is 0 Å². The summed E-state index contributed by atoms with van der Waals surface area (Å²) in [4.78, 5) is 0. The highest BCUT2D eigenvalue weighted by Crippen LogP contribution is 2.44. The molecule has 67 heavy (non-hydrogen) atoms. The van der Waals surface area contributed by atoms with Crippen LogP contribution in [-0.4, -0.2) is 18.3 Å². The van der Waals surface area contributed by atoms with E-state index in [-0.39, 0.29) is 0 Å². The summed E-state index contributed by atoms with van der Waals surface area (Å²) in [5.41, 5.74) is 16.8. The van der Waals surface area contributed by atoms with E-state index in [1.54, 1.807) is 0 Å². The Bertz CT molecular complexity index is 4480. The molecule has 14 aromatic rings. The van der Waals surface area contributed by atoms with Crippen molar-refractivity contribution < 1.29 is 0 Å². The van der Waals surface area contributed by atoms with Crippen LogP contribution in [0.5, 0.6) is 0 Å². The number of benzene rings is 10. The standard InChI is InChI=1S/C63H40N4/c1-2-17-40-20-15-34-55(45(40)23-3-1)67-59-32-13-7-26-47(59)51-36-35-50-46-25-6-11-30-57(46)65(62(50)63(51)67)43-22-16-21-42(37-43)64-56-29-10-8-27-48(56)52-39-61-53(38-60(52)64)49-28-9-12-31-58(49)66(61)54-33-14-19-41-18-4-5-24-44(41)54/h1-22,24-39H,23H2. The summed E-state index contributed by atoms with van der Waals surface area (Å²) in [6.07, 6.45) is 9.72. The summed E-state index contributed by atoms with van der Waals surface area (Å²) >= 11 is 0. The van der Waals surface area contributed by atoms with E-state index in [1.807, 2.05) is 0 Å². The van der Waals surface area contributed by atoms with Crippen LogP contribution >= 0.6 is 0 Å². The summed E-state index contributed by atoms with van der Waals surface area (Å²) in [7, 11) is 0. The Morgan fingerprint density at radius 3 is 1.49 bits per heavy atom. The molecule has 4 aromatic heterocycles. The van der Waals surface area contributed by atoms with Crippen molar-refractivity contribution in [3.8, 4) is 22.7 Å². The number of hydrogen-bond donors (Lipinski definition) is 0. The maximum Gasteiger partial charge on any atom is 0.0789 e. The zero-order valence-corrected chi connectivity index (χ0v) is 36.4. The molecule has 1 aliphatic carbocycles. The van der Waals surface area contributed by atoms with Crippen LogP contribution in [-0.2, 0) is 6.42 Å². The molecule has 312 valence electrons. The van der Waals surface area contributed by atoms with Crippen LogP contribution in [0.2, 0.25) is 0 Å². The number of nitrogens with zero attached hydrogens (tertiary/aromatic N) is 4. The average molecular weight is 853 g/mol. The zero-order valence-electron chi connectivity index (χ0n) is 36.4. The number of hydrogen-bond acceptors (Lipinski definition) is 0. The molecule has 0 radical (unpaired) electrons. The maximum atomic E-state index is 2.55. The molecule has 0 amide bonds. The van der Waals surface area contributed by atoms with E-state index >= 15 is 0 Å². The Morgan fingerprint density at radius 1 is 0.299 bits per heavy atom. The SMILES string of the molecule is C1=CCc2c(cccc2-n2c3ccccc3c3ccc4c5ccccc5n(-c5cccc(-n6c7ccccc7c7cc8c(cc76)c6ccccc6n8-c6cccc7ccccc67)c5)c4c32)C=C1. The highest BCUT2D eigenvalue weighted by Gasteiger charge is 2.24. The fourth-order valence-corrected chi connectivity index (χ4v) is 11.8. The van der Waals surface area contributed by atoms with E-state index in [9.17, 15) is 0 Å². The number of allylic oxidation sites excluding steroid dienone is 3. The molecule has 0 spiro atoms. The molecule has 0 saturated carbocycles. The molecule has 0 N–H and O–H groups in total. The molecule has 4 heterocycles. The predicted octanol–water partition coefficient (Wildman–Crippen LogP) is 16.4. The molecule has 4 heteroatoms. The highest BCUT2D eigenvalue weighted by molar-refractivity contribution is 6.24. The molecule has 15 rings (SSSR count). The topological polar surface area (TPSA) is 19.7 Å². The van der Waals surface area contributed by atoms with Crippen molar-refractivity contribution in [2.45, 2.75) is 6.42 Å². The summed E-state index contributed by atoms with van der Waals surface area (Å²) in [5, 5.41) is 12.4. The second-order valence-electron chi connectivity index (χ2n) is 18.0. The van der Waals surface area contributed by atoms with E-state index in [1.165, 1.54) is 120 Å². The minimum Gasteiger partial charge on any atom is -0.309 e. The monoisotopic (exact) mass is 852 g/mol. The third-order valence-electron chi connectivity index (χ3n) is 14.6. The van der Waals surface area contributed by atoms with Crippen molar-refractivity contribution >= 4 is 104 Å². The van der Waals surface area contributed by atoms with Gasteiger partial charge in [0, 0.05) is 59.9 Å². The van der Waals surface area contributed by atoms with Gasteiger partial charge in [0.1, 0.15) is 0 Å². The minimum atomic E-state index is 0.863. The van der Waals surface area contributed by atoms with Crippen molar-refractivity contribution in [2.24, 2.45) is 0 Å². The Balaban J connectivity index is 1.02. The minimum absolute atomic E-state index is 0.863. The molecule has 0 unspecified atom stereocenters. The van der Waals surface area contributed by atoms with Crippen molar-refractivity contribution in [3.63, 3.8) is 0 Å². The first-order valence-corrected chi connectivity index (χ1v) is 23.2. The molecular formula is C63H40N4. The van der Waals surface area contributed by atoms with E-state index in [0.29, 0.717) is 0 Å². The third-order valence-corrected chi connectivity index (χ3v) is 14.6. The average Bonchev–Trinajstić information content (AvgIpc) is 4.04. The number of para-hydroxylation sites is 4. The van der Waals surface area contributed by atoms with Crippen LogP contribution < -0.4 is 0 Å². The Morgan fingerprint density at radius 2 is 0.791 bits per heavy atom. The Labute approximate surface area is 385 Å². The maximum absolute atomic E-state index is 2.55. The number of rotatable bonds is 4. The summed E-state index contributed by atoms with van der Waals surface area (Å²) < 4.78 is 10.0. The quantitative estimate of drug-likeness (QED) is 0.168. The van der Waals surface area contributed by atoms with Crippen LogP contribution in [0.25, 0.3) is 127 Å². The lowest BCUT2D eigenvalue weighted by Crippen LogP contribution is -2.03. The van der Waals surface area contributed by atoms with Gasteiger partial charge in [0.15, 0.2) is 0 Å².